The van der Waals surface area contributed by atoms with Crippen LogP contribution in [0.5, 0.6) is 11.5 Å². The molecule has 0 spiro atoms. The van der Waals surface area contributed by atoms with E-state index in [-0.39, 0.29) is 23.9 Å². The van der Waals surface area contributed by atoms with Gasteiger partial charge in [-0.3, -0.25) is 0 Å². The molecule has 5 nitrogen and oxygen atoms in total. The van der Waals surface area contributed by atoms with Crippen LogP contribution in [0.15, 0.2) is 65.4 Å². The predicted octanol–water partition coefficient (Wildman–Crippen LogP) is 6.77. The molecular weight excluding hydrogens is 488 g/mol. The van der Waals surface area contributed by atoms with Crippen LogP contribution < -0.4 is 19.7 Å². The molecule has 0 radical (unpaired) electrons. The van der Waals surface area contributed by atoms with Crippen molar-refractivity contribution in [2.75, 3.05) is 37.5 Å². The molecule has 0 saturated heterocycles. The van der Waals surface area contributed by atoms with Crippen molar-refractivity contribution in [3.63, 3.8) is 0 Å². The van der Waals surface area contributed by atoms with E-state index in [4.69, 9.17) is 26.4 Å². The van der Waals surface area contributed by atoms with Crippen molar-refractivity contribution in [1.29, 1.82) is 0 Å². The smallest absolute Gasteiger partial charge is 0.269 e. The number of rotatable bonds is 9. The average Bonchev–Trinajstić information content (AvgIpc) is 3.32. The van der Waals surface area contributed by atoms with Crippen molar-refractivity contribution in [1.82, 2.24) is 0 Å². The molecule has 0 saturated carbocycles. The van der Waals surface area contributed by atoms with Crippen LogP contribution in [0.2, 0.25) is 0 Å². The Kier molecular flexibility index (Phi) is 10.6. The first-order valence-electron chi connectivity index (χ1n) is 10.8. The lowest BCUT2D eigenvalue weighted by molar-refractivity contribution is 0.0673. The zero-order valence-electron chi connectivity index (χ0n) is 20.2. The first kappa shape index (κ1) is 27.9. The van der Waals surface area contributed by atoms with E-state index in [0.29, 0.717) is 24.1 Å². The van der Waals surface area contributed by atoms with Crippen LogP contribution in [0.25, 0.3) is 0 Å². The van der Waals surface area contributed by atoms with Crippen molar-refractivity contribution in [3.05, 3.63) is 70.9 Å². The molecule has 0 bridgehead atoms. The zero-order valence-corrected chi connectivity index (χ0v) is 22.7. The molecule has 2 aromatic carbocycles. The van der Waals surface area contributed by atoms with Gasteiger partial charge in [0.05, 0.1) is 0 Å². The Morgan fingerprint density at radius 3 is 2.44 bits per heavy atom. The molecule has 3 aromatic rings. The van der Waals surface area contributed by atoms with E-state index >= 15 is 0 Å². The van der Waals surface area contributed by atoms with Crippen molar-refractivity contribution in [3.8, 4) is 11.5 Å². The van der Waals surface area contributed by atoms with Crippen LogP contribution in [0.1, 0.15) is 26.3 Å². The number of benzene rings is 2. The summed E-state index contributed by atoms with van der Waals surface area (Å²) in [4.78, 5) is 1.83. The lowest BCUT2D eigenvalue weighted by atomic mass is 9.87. The molecule has 0 amide bonds. The molecule has 1 N–H and O–H groups in total. The molecule has 34 heavy (non-hydrogen) atoms. The highest BCUT2D eigenvalue weighted by molar-refractivity contribution is 7.80. The number of methoxy groups -OCH3 is 1. The van der Waals surface area contributed by atoms with E-state index in [0.717, 1.165) is 17.1 Å². The number of ether oxygens (including phenoxy) is 3. The monoisotopic (exact) mass is 520 g/mol. The van der Waals surface area contributed by atoms with Crippen LogP contribution >= 0.6 is 36.0 Å². The molecule has 0 aliphatic rings. The molecule has 1 atom stereocenters. The maximum absolute atomic E-state index is 5.99. The molecule has 0 fully saturated rings. The van der Waals surface area contributed by atoms with Crippen molar-refractivity contribution >= 4 is 52.5 Å². The van der Waals surface area contributed by atoms with Gasteiger partial charge in [0.2, 0.25) is 0 Å². The van der Waals surface area contributed by atoms with E-state index in [1.54, 1.807) is 18.4 Å². The van der Waals surface area contributed by atoms with Gasteiger partial charge >= 0.3 is 0 Å². The van der Waals surface area contributed by atoms with Gasteiger partial charge in [-0.1, -0.05) is 39.0 Å². The largest absolute Gasteiger partial charge is 0.491 e. The van der Waals surface area contributed by atoms with Crippen LogP contribution in [0.4, 0.5) is 11.4 Å². The van der Waals surface area contributed by atoms with E-state index in [2.05, 4.69) is 43.6 Å². The Labute approximate surface area is 218 Å². The summed E-state index contributed by atoms with van der Waals surface area (Å²) in [6.07, 6.45) is -0.0771. The molecule has 184 valence electrons. The Morgan fingerprint density at radius 2 is 1.82 bits per heavy atom. The molecular formula is C26H33ClN2O3S2. The fourth-order valence-electron chi connectivity index (χ4n) is 3.08. The number of thiophene rings is 1. The Morgan fingerprint density at radius 1 is 1.09 bits per heavy atom. The summed E-state index contributed by atoms with van der Waals surface area (Å²) in [5, 5.41) is 7.83. The van der Waals surface area contributed by atoms with Crippen LogP contribution in [-0.4, -0.2) is 38.6 Å². The number of hydrogen-bond donors (Lipinski definition) is 1. The summed E-state index contributed by atoms with van der Waals surface area (Å²) in [5.74, 6) is 1.46. The molecule has 1 aromatic heterocycles. The van der Waals surface area contributed by atoms with Crippen LogP contribution in [-0.2, 0) is 10.2 Å². The van der Waals surface area contributed by atoms with Gasteiger partial charge in [-0.25, -0.2) is 0 Å². The summed E-state index contributed by atoms with van der Waals surface area (Å²) in [6.45, 7) is 7.66. The minimum absolute atomic E-state index is 0. The predicted molar refractivity (Wildman–Crippen MR) is 150 cm³/mol. The van der Waals surface area contributed by atoms with Gasteiger partial charge in [-0.05, 0) is 58.9 Å². The van der Waals surface area contributed by atoms with E-state index in [1.165, 1.54) is 5.56 Å². The maximum atomic E-state index is 5.99. The fraction of sp³-hybridized carbons (Fsp3) is 0.346. The van der Waals surface area contributed by atoms with Crippen molar-refractivity contribution in [2.45, 2.75) is 32.3 Å². The summed E-state index contributed by atoms with van der Waals surface area (Å²) >= 11 is 7.18. The third-order valence-corrected chi connectivity index (χ3v) is 6.27. The normalized spacial score (nSPS) is 11.8. The second-order valence-electron chi connectivity index (χ2n) is 8.76. The van der Waals surface area contributed by atoms with E-state index in [9.17, 15) is 0 Å². The molecule has 1 unspecified atom stereocenters. The fourth-order valence-corrected chi connectivity index (χ4v) is 3.89. The van der Waals surface area contributed by atoms with Gasteiger partial charge in [0.15, 0.2) is 0 Å². The summed E-state index contributed by atoms with van der Waals surface area (Å²) in [5.41, 5.74) is 3.32. The summed E-state index contributed by atoms with van der Waals surface area (Å²) in [7, 11) is 3.57. The number of hydrogen-bond acceptors (Lipinski definition) is 6. The molecule has 0 aliphatic carbocycles. The Hall–Kier alpha value is -2.32. The van der Waals surface area contributed by atoms with Gasteiger partial charge in [0.25, 0.3) is 5.17 Å². The van der Waals surface area contributed by atoms with Crippen molar-refractivity contribution in [2.24, 2.45) is 0 Å². The Balaban J connectivity index is 0.00000408. The summed E-state index contributed by atoms with van der Waals surface area (Å²) in [6, 6.07) is 17.9. The first-order valence-corrected chi connectivity index (χ1v) is 12.2. The SMILES string of the molecule is COC(CNc1ccsc1)COc1cccc(N(C)C(=S)Oc2ccc(C(C)(C)C)cc2)c1.Cl. The van der Waals surface area contributed by atoms with Gasteiger partial charge in [-0.2, -0.15) is 11.3 Å². The third kappa shape index (κ3) is 8.17. The van der Waals surface area contributed by atoms with Gasteiger partial charge in [0, 0.05) is 43.5 Å². The second kappa shape index (κ2) is 13.0. The number of anilines is 2. The number of halogens is 1. The Bertz CT molecular complexity index is 1020. The highest BCUT2D eigenvalue weighted by atomic mass is 35.5. The minimum Gasteiger partial charge on any atom is -0.491 e. The quantitative estimate of drug-likeness (QED) is 0.314. The molecule has 8 heteroatoms. The number of nitrogens with zero attached hydrogens (tertiary/aromatic N) is 1. The van der Waals surface area contributed by atoms with E-state index < -0.39 is 0 Å². The number of nitrogens with one attached hydrogen (secondary N) is 1. The molecule has 3 rings (SSSR count). The minimum atomic E-state index is -0.0771. The van der Waals surface area contributed by atoms with Crippen LogP contribution in [0, 0.1) is 0 Å². The molecule has 1 heterocycles. The third-order valence-electron chi connectivity index (χ3n) is 5.23. The van der Waals surface area contributed by atoms with Gasteiger partial charge in [-0.15, -0.1) is 12.4 Å². The lowest BCUT2D eigenvalue weighted by Crippen LogP contribution is -2.29. The standard InChI is InChI=1S/C26H32N2O3S2.ClH/c1-26(2,3)19-9-11-22(12-10-19)31-25(32)28(4)21-7-6-8-23(15-21)30-17-24(29-5)16-27-20-13-14-33-18-20;/h6-15,18,24,27H,16-17H2,1-5H3;1H. The van der Waals surface area contributed by atoms with Gasteiger partial charge < -0.3 is 24.4 Å². The lowest BCUT2D eigenvalue weighted by Gasteiger charge is -2.22. The highest BCUT2D eigenvalue weighted by Gasteiger charge is 2.15. The zero-order chi connectivity index (χ0) is 23.8. The van der Waals surface area contributed by atoms with Crippen molar-refractivity contribution < 1.29 is 14.2 Å². The average molecular weight is 521 g/mol. The topological polar surface area (TPSA) is 43.0 Å². The summed E-state index contributed by atoms with van der Waals surface area (Å²) < 4.78 is 17.4. The second-order valence-corrected chi connectivity index (χ2v) is 9.89. The number of thiocarbonyl (C=S) groups is 1. The molecule has 0 aliphatic heterocycles. The van der Waals surface area contributed by atoms with Crippen LogP contribution in [0.3, 0.4) is 0 Å². The van der Waals surface area contributed by atoms with Gasteiger partial charge in [0.1, 0.15) is 24.2 Å². The van der Waals surface area contributed by atoms with E-state index in [1.807, 2.05) is 59.8 Å². The maximum Gasteiger partial charge on any atom is 0.269 e. The highest BCUT2D eigenvalue weighted by Crippen LogP contribution is 2.26. The first-order chi connectivity index (χ1) is 15.8.